The molecule has 0 radical (unpaired) electrons. The molecular formula is C12H18ClN. The van der Waals surface area contributed by atoms with E-state index in [9.17, 15) is 0 Å². The minimum atomic E-state index is 0.115. The highest BCUT2D eigenvalue weighted by Gasteiger charge is 2.15. The van der Waals surface area contributed by atoms with Crippen molar-refractivity contribution in [3.63, 3.8) is 0 Å². The van der Waals surface area contributed by atoms with Crippen LogP contribution in [0.15, 0.2) is 24.3 Å². The Kier molecular flexibility index (Phi) is 4.43. The van der Waals surface area contributed by atoms with Crippen LogP contribution in [0.1, 0.15) is 38.3 Å². The molecule has 1 aromatic carbocycles. The standard InChI is InChI=1S/C12H18ClN/c1-3-9(4-2)12(14)10-6-5-7-11(13)8-10/h5-9,12H,3-4,14H2,1-2H3. The second-order valence-electron chi connectivity index (χ2n) is 3.66. The van der Waals surface area contributed by atoms with E-state index in [1.165, 1.54) is 0 Å². The van der Waals surface area contributed by atoms with E-state index in [0.717, 1.165) is 23.4 Å². The number of hydrogen-bond donors (Lipinski definition) is 1. The SMILES string of the molecule is CCC(CC)C(N)c1cccc(Cl)c1. The minimum absolute atomic E-state index is 0.115. The fraction of sp³-hybridized carbons (Fsp3) is 0.500. The molecule has 14 heavy (non-hydrogen) atoms. The maximum Gasteiger partial charge on any atom is 0.0409 e. The third-order valence-electron chi connectivity index (χ3n) is 2.79. The Morgan fingerprint density at radius 2 is 1.93 bits per heavy atom. The molecule has 2 N–H and O–H groups in total. The lowest BCUT2D eigenvalue weighted by molar-refractivity contribution is 0.405. The van der Waals surface area contributed by atoms with Crippen LogP contribution in [0.2, 0.25) is 5.02 Å². The molecule has 0 amide bonds. The summed E-state index contributed by atoms with van der Waals surface area (Å²) >= 11 is 5.92. The first-order valence-electron chi connectivity index (χ1n) is 5.20. The Morgan fingerprint density at radius 1 is 1.29 bits per heavy atom. The van der Waals surface area contributed by atoms with Crippen LogP contribution < -0.4 is 5.73 Å². The van der Waals surface area contributed by atoms with Crippen molar-refractivity contribution < 1.29 is 0 Å². The Hall–Kier alpha value is -0.530. The molecule has 0 aliphatic carbocycles. The molecule has 1 atom stereocenters. The maximum atomic E-state index is 6.17. The molecule has 1 rings (SSSR count). The summed E-state index contributed by atoms with van der Waals surface area (Å²) in [4.78, 5) is 0. The zero-order valence-corrected chi connectivity index (χ0v) is 9.59. The highest BCUT2D eigenvalue weighted by Crippen LogP contribution is 2.26. The van der Waals surface area contributed by atoms with Gasteiger partial charge in [-0.05, 0) is 23.6 Å². The van der Waals surface area contributed by atoms with Crippen molar-refractivity contribution in [2.24, 2.45) is 11.7 Å². The van der Waals surface area contributed by atoms with Gasteiger partial charge in [0.05, 0.1) is 0 Å². The summed E-state index contributed by atoms with van der Waals surface area (Å²) in [6, 6.07) is 7.97. The van der Waals surface area contributed by atoms with Gasteiger partial charge in [-0.15, -0.1) is 0 Å². The average molecular weight is 212 g/mol. The average Bonchev–Trinajstić information content (AvgIpc) is 2.19. The van der Waals surface area contributed by atoms with Gasteiger partial charge in [0.1, 0.15) is 0 Å². The van der Waals surface area contributed by atoms with Gasteiger partial charge in [-0.3, -0.25) is 0 Å². The Morgan fingerprint density at radius 3 is 2.43 bits per heavy atom. The molecule has 0 aliphatic heterocycles. The first kappa shape index (κ1) is 11.5. The van der Waals surface area contributed by atoms with Crippen LogP contribution in [0.5, 0.6) is 0 Å². The Labute approximate surface area is 91.3 Å². The van der Waals surface area contributed by atoms with Crippen molar-refractivity contribution in [1.29, 1.82) is 0 Å². The van der Waals surface area contributed by atoms with Gasteiger partial charge in [-0.1, -0.05) is 50.4 Å². The third-order valence-corrected chi connectivity index (χ3v) is 3.03. The lowest BCUT2D eigenvalue weighted by Gasteiger charge is -2.21. The van der Waals surface area contributed by atoms with E-state index in [4.69, 9.17) is 17.3 Å². The van der Waals surface area contributed by atoms with Gasteiger partial charge < -0.3 is 5.73 Å². The van der Waals surface area contributed by atoms with Gasteiger partial charge >= 0.3 is 0 Å². The van der Waals surface area contributed by atoms with Crippen molar-refractivity contribution in [3.8, 4) is 0 Å². The summed E-state index contributed by atoms with van der Waals surface area (Å²) in [5.41, 5.74) is 7.32. The number of nitrogens with two attached hydrogens (primary N) is 1. The molecule has 0 saturated heterocycles. The third kappa shape index (κ3) is 2.73. The van der Waals surface area contributed by atoms with Gasteiger partial charge in [0.25, 0.3) is 0 Å². The molecule has 1 aromatic rings. The molecule has 0 aliphatic rings. The Bertz CT molecular complexity index is 281. The van der Waals surface area contributed by atoms with E-state index in [1.54, 1.807) is 0 Å². The summed E-state index contributed by atoms with van der Waals surface area (Å²) < 4.78 is 0. The van der Waals surface area contributed by atoms with E-state index in [0.29, 0.717) is 5.92 Å². The van der Waals surface area contributed by atoms with Crippen LogP contribution in [0, 0.1) is 5.92 Å². The van der Waals surface area contributed by atoms with Crippen LogP contribution in [-0.4, -0.2) is 0 Å². The molecular weight excluding hydrogens is 194 g/mol. The normalized spacial score (nSPS) is 13.2. The van der Waals surface area contributed by atoms with Crippen molar-refractivity contribution in [2.45, 2.75) is 32.7 Å². The van der Waals surface area contributed by atoms with Crippen LogP contribution in [-0.2, 0) is 0 Å². The summed E-state index contributed by atoms with van der Waals surface area (Å²) in [6.07, 6.45) is 2.23. The fourth-order valence-corrected chi connectivity index (χ4v) is 1.98. The molecule has 1 nitrogen and oxygen atoms in total. The summed E-state index contributed by atoms with van der Waals surface area (Å²) in [6.45, 7) is 4.36. The van der Waals surface area contributed by atoms with Crippen molar-refractivity contribution >= 4 is 11.6 Å². The zero-order valence-electron chi connectivity index (χ0n) is 8.83. The predicted molar refractivity (Wildman–Crippen MR) is 62.5 cm³/mol. The largest absolute Gasteiger partial charge is 0.324 e. The van der Waals surface area contributed by atoms with E-state index >= 15 is 0 Å². The number of hydrogen-bond acceptors (Lipinski definition) is 1. The number of halogens is 1. The molecule has 0 fully saturated rings. The molecule has 2 heteroatoms. The molecule has 0 bridgehead atoms. The van der Waals surface area contributed by atoms with Gasteiger partial charge in [-0.25, -0.2) is 0 Å². The van der Waals surface area contributed by atoms with Gasteiger partial charge in [0, 0.05) is 11.1 Å². The summed E-state index contributed by atoms with van der Waals surface area (Å²) in [7, 11) is 0. The molecule has 78 valence electrons. The second kappa shape index (κ2) is 5.38. The second-order valence-corrected chi connectivity index (χ2v) is 4.09. The molecule has 1 unspecified atom stereocenters. The first-order valence-corrected chi connectivity index (χ1v) is 5.57. The quantitative estimate of drug-likeness (QED) is 0.806. The van der Waals surface area contributed by atoms with E-state index in [1.807, 2.05) is 18.2 Å². The monoisotopic (exact) mass is 211 g/mol. The van der Waals surface area contributed by atoms with Crippen molar-refractivity contribution in [1.82, 2.24) is 0 Å². The number of rotatable bonds is 4. The molecule has 0 heterocycles. The van der Waals surface area contributed by atoms with E-state index < -0.39 is 0 Å². The van der Waals surface area contributed by atoms with Gasteiger partial charge in [-0.2, -0.15) is 0 Å². The molecule has 0 spiro atoms. The van der Waals surface area contributed by atoms with Crippen LogP contribution in [0.3, 0.4) is 0 Å². The highest BCUT2D eigenvalue weighted by atomic mass is 35.5. The molecule has 0 aromatic heterocycles. The van der Waals surface area contributed by atoms with Gasteiger partial charge in [0.15, 0.2) is 0 Å². The summed E-state index contributed by atoms with van der Waals surface area (Å²) in [5.74, 6) is 0.550. The Balaban J connectivity index is 2.82. The van der Waals surface area contributed by atoms with Crippen LogP contribution >= 0.6 is 11.6 Å². The minimum Gasteiger partial charge on any atom is -0.324 e. The first-order chi connectivity index (χ1) is 6.69. The van der Waals surface area contributed by atoms with Crippen molar-refractivity contribution in [3.05, 3.63) is 34.9 Å². The maximum absolute atomic E-state index is 6.17. The van der Waals surface area contributed by atoms with Gasteiger partial charge in [0.2, 0.25) is 0 Å². The zero-order chi connectivity index (χ0) is 10.6. The van der Waals surface area contributed by atoms with Crippen LogP contribution in [0.25, 0.3) is 0 Å². The number of benzene rings is 1. The van der Waals surface area contributed by atoms with Crippen LogP contribution in [0.4, 0.5) is 0 Å². The lowest BCUT2D eigenvalue weighted by atomic mass is 9.90. The molecule has 0 saturated carbocycles. The highest BCUT2D eigenvalue weighted by molar-refractivity contribution is 6.30. The smallest absolute Gasteiger partial charge is 0.0409 e. The lowest BCUT2D eigenvalue weighted by Crippen LogP contribution is -2.20. The predicted octanol–water partition coefficient (Wildman–Crippen LogP) is 3.78. The van der Waals surface area contributed by atoms with Crippen molar-refractivity contribution in [2.75, 3.05) is 0 Å². The van der Waals surface area contributed by atoms with E-state index in [-0.39, 0.29) is 6.04 Å². The summed E-state index contributed by atoms with van der Waals surface area (Å²) in [5, 5.41) is 0.768. The topological polar surface area (TPSA) is 26.0 Å². The van der Waals surface area contributed by atoms with E-state index in [2.05, 4.69) is 19.9 Å². The fourth-order valence-electron chi connectivity index (χ4n) is 1.78.